The molecule has 2 nitrogen and oxygen atoms in total. The summed E-state index contributed by atoms with van der Waals surface area (Å²) >= 11 is 6.36. The summed E-state index contributed by atoms with van der Waals surface area (Å²) in [7, 11) is 0. The van der Waals surface area contributed by atoms with Crippen molar-refractivity contribution in [1.82, 2.24) is 0 Å². The first-order chi connectivity index (χ1) is 6.06. The van der Waals surface area contributed by atoms with Crippen molar-refractivity contribution in [3.63, 3.8) is 0 Å². The van der Waals surface area contributed by atoms with Crippen LogP contribution in [0.15, 0.2) is 21.1 Å². The highest BCUT2D eigenvalue weighted by atomic mass is 79.9. The Morgan fingerprint density at radius 1 is 1.38 bits per heavy atom. The molecule has 1 rings (SSSR count). The normalized spacial score (nSPS) is 12.2. The predicted octanol–water partition coefficient (Wildman–Crippen LogP) is 2.58. The number of aliphatic hydroxyl groups is 1. The van der Waals surface area contributed by atoms with Gasteiger partial charge in [-0.2, -0.15) is 0 Å². The van der Waals surface area contributed by atoms with Gasteiger partial charge in [-0.1, -0.05) is 21.9 Å². The molecule has 1 atom stereocenters. The Labute approximate surface area is 92.8 Å². The number of terminal acetylenes is 1. The molecule has 1 aromatic carbocycles. The predicted molar refractivity (Wildman–Crippen MR) is 57.3 cm³/mol. The summed E-state index contributed by atoms with van der Waals surface area (Å²) in [6.45, 7) is 0. The minimum Gasteiger partial charge on any atom is -0.506 e. The average Bonchev–Trinajstić information content (AvgIpc) is 2.10. The number of rotatable bonds is 1. The van der Waals surface area contributed by atoms with Gasteiger partial charge >= 0.3 is 0 Å². The number of aromatic hydroxyl groups is 1. The molecule has 1 unspecified atom stereocenters. The molecule has 68 valence electrons. The van der Waals surface area contributed by atoms with Gasteiger partial charge in [-0.3, -0.25) is 0 Å². The van der Waals surface area contributed by atoms with Crippen LogP contribution in [0.1, 0.15) is 11.7 Å². The smallest absolute Gasteiger partial charge is 0.143 e. The first-order valence-corrected chi connectivity index (χ1v) is 4.97. The van der Waals surface area contributed by atoms with Crippen LogP contribution in [0.5, 0.6) is 5.75 Å². The van der Waals surface area contributed by atoms with Crippen LogP contribution in [-0.4, -0.2) is 10.2 Å². The van der Waals surface area contributed by atoms with E-state index in [-0.39, 0.29) is 5.75 Å². The topological polar surface area (TPSA) is 40.5 Å². The van der Waals surface area contributed by atoms with Gasteiger partial charge in [-0.15, -0.1) is 6.42 Å². The maximum absolute atomic E-state index is 9.50. The Balaban J connectivity index is 3.30. The highest BCUT2D eigenvalue weighted by Gasteiger charge is 2.12. The van der Waals surface area contributed by atoms with Crippen molar-refractivity contribution >= 4 is 31.9 Å². The molecular formula is C9H6Br2O2. The minimum absolute atomic E-state index is 0.0337. The summed E-state index contributed by atoms with van der Waals surface area (Å²) in [6, 6.07) is 3.24. The van der Waals surface area contributed by atoms with Gasteiger partial charge in [0.2, 0.25) is 0 Å². The molecule has 0 bridgehead atoms. The molecule has 0 amide bonds. The Morgan fingerprint density at radius 2 is 2.00 bits per heavy atom. The second-order valence-corrected chi connectivity index (χ2v) is 4.16. The number of phenols is 1. The molecule has 0 spiro atoms. The van der Waals surface area contributed by atoms with E-state index in [2.05, 4.69) is 37.8 Å². The van der Waals surface area contributed by atoms with E-state index >= 15 is 0 Å². The van der Waals surface area contributed by atoms with E-state index in [0.717, 1.165) is 4.47 Å². The van der Waals surface area contributed by atoms with E-state index in [1.54, 1.807) is 12.1 Å². The molecule has 2 N–H and O–H groups in total. The fourth-order valence-electron chi connectivity index (χ4n) is 0.884. The third-order valence-electron chi connectivity index (χ3n) is 1.51. The largest absolute Gasteiger partial charge is 0.506 e. The molecule has 0 aliphatic carbocycles. The summed E-state index contributed by atoms with van der Waals surface area (Å²) in [5, 5.41) is 18.8. The lowest BCUT2D eigenvalue weighted by atomic mass is 10.1. The van der Waals surface area contributed by atoms with Gasteiger partial charge in [-0.05, 0) is 28.1 Å². The summed E-state index contributed by atoms with van der Waals surface area (Å²) in [5.41, 5.74) is 0.309. The standard InChI is InChI=1S/C9H6Br2O2/c1-2-8(12)6-3-5(10)4-7(11)9(6)13/h1,3-4,8,12-13H. The second-order valence-electron chi connectivity index (χ2n) is 2.39. The van der Waals surface area contributed by atoms with Gasteiger partial charge < -0.3 is 10.2 Å². The van der Waals surface area contributed by atoms with Crippen molar-refractivity contribution < 1.29 is 10.2 Å². The number of halogens is 2. The second kappa shape index (κ2) is 4.14. The van der Waals surface area contributed by atoms with Gasteiger partial charge in [0.05, 0.1) is 4.47 Å². The average molecular weight is 306 g/mol. The van der Waals surface area contributed by atoms with E-state index < -0.39 is 6.10 Å². The van der Waals surface area contributed by atoms with E-state index in [1.165, 1.54) is 0 Å². The Bertz CT molecular complexity index is 369. The third-order valence-corrected chi connectivity index (χ3v) is 2.57. The molecule has 0 aromatic heterocycles. The zero-order valence-corrected chi connectivity index (χ0v) is 9.63. The molecular weight excluding hydrogens is 300 g/mol. The molecule has 0 saturated heterocycles. The van der Waals surface area contributed by atoms with Crippen LogP contribution in [0.25, 0.3) is 0 Å². The number of aliphatic hydroxyl groups excluding tert-OH is 1. The summed E-state index contributed by atoms with van der Waals surface area (Å²) < 4.78 is 1.23. The Kier molecular flexibility index (Phi) is 3.37. The molecule has 0 saturated carbocycles. The van der Waals surface area contributed by atoms with E-state index in [0.29, 0.717) is 10.0 Å². The van der Waals surface area contributed by atoms with Crippen molar-refractivity contribution in [3.05, 3.63) is 26.6 Å². The lowest BCUT2D eigenvalue weighted by Crippen LogP contribution is -1.94. The van der Waals surface area contributed by atoms with Crippen LogP contribution < -0.4 is 0 Å². The molecule has 4 heteroatoms. The molecule has 0 aliphatic heterocycles. The zero-order chi connectivity index (χ0) is 10.0. The lowest BCUT2D eigenvalue weighted by molar-refractivity contribution is 0.233. The number of hydrogen-bond donors (Lipinski definition) is 2. The fraction of sp³-hybridized carbons (Fsp3) is 0.111. The maximum Gasteiger partial charge on any atom is 0.143 e. The third kappa shape index (κ3) is 2.25. The molecule has 1 aromatic rings. The van der Waals surface area contributed by atoms with E-state index in [1.807, 2.05) is 0 Å². The SMILES string of the molecule is C#CC(O)c1cc(Br)cc(Br)c1O. The lowest BCUT2D eigenvalue weighted by Gasteiger charge is -2.08. The van der Waals surface area contributed by atoms with Gasteiger partial charge in [-0.25, -0.2) is 0 Å². The van der Waals surface area contributed by atoms with Crippen molar-refractivity contribution in [2.75, 3.05) is 0 Å². The number of benzene rings is 1. The molecule has 0 heterocycles. The maximum atomic E-state index is 9.50. The highest BCUT2D eigenvalue weighted by molar-refractivity contribution is 9.11. The van der Waals surface area contributed by atoms with Crippen LogP contribution >= 0.6 is 31.9 Å². The monoisotopic (exact) mass is 304 g/mol. The van der Waals surface area contributed by atoms with Gasteiger partial charge in [0.15, 0.2) is 0 Å². The summed E-state index contributed by atoms with van der Waals surface area (Å²) in [5.74, 6) is 2.10. The van der Waals surface area contributed by atoms with Crippen molar-refractivity contribution in [3.8, 4) is 18.1 Å². The minimum atomic E-state index is -1.09. The Morgan fingerprint density at radius 3 is 2.54 bits per heavy atom. The van der Waals surface area contributed by atoms with Gasteiger partial charge in [0.1, 0.15) is 11.9 Å². The zero-order valence-electron chi connectivity index (χ0n) is 6.46. The summed E-state index contributed by atoms with van der Waals surface area (Å²) in [6.07, 6.45) is 3.94. The van der Waals surface area contributed by atoms with E-state index in [9.17, 15) is 10.2 Å². The first-order valence-electron chi connectivity index (χ1n) is 3.38. The van der Waals surface area contributed by atoms with Crippen LogP contribution in [0.3, 0.4) is 0 Å². The molecule has 0 fully saturated rings. The quantitative estimate of drug-likeness (QED) is 0.783. The highest BCUT2D eigenvalue weighted by Crippen LogP contribution is 2.34. The molecule has 0 aliphatic rings. The van der Waals surface area contributed by atoms with Crippen LogP contribution in [0.4, 0.5) is 0 Å². The van der Waals surface area contributed by atoms with Crippen LogP contribution in [-0.2, 0) is 0 Å². The fourth-order valence-corrected chi connectivity index (χ4v) is 2.14. The van der Waals surface area contributed by atoms with Crippen molar-refractivity contribution in [2.45, 2.75) is 6.10 Å². The number of phenolic OH excluding ortho intramolecular Hbond substituents is 1. The van der Waals surface area contributed by atoms with Crippen molar-refractivity contribution in [1.29, 1.82) is 0 Å². The first kappa shape index (κ1) is 10.6. The van der Waals surface area contributed by atoms with Crippen LogP contribution in [0.2, 0.25) is 0 Å². The molecule has 13 heavy (non-hydrogen) atoms. The Hall–Kier alpha value is -0.500. The summed E-state index contributed by atoms with van der Waals surface area (Å²) in [4.78, 5) is 0. The number of hydrogen-bond acceptors (Lipinski definition) is 2. The molecule has 0 radical (unpaired) electrons. The van der Waals surface area contributed by atoms with Crippen LogP contribution in [0, 0.1) is 12.3 Å². The van der Waals surface area contributed by atoms with Crippen molar-refractivity contribution in [2.24, 2.45) is 0 Å². The van der Waals surface area contributed by atoms with Gasteiger partial charge in [0.25, 0.3) is 0 Å². The van der Waals surface area contributed by atoms with Gasteiger partial charge in [0, 0.05) is 10.0 Å². The van der Waals surface area contributed by atoms with E-state index in [4.69, 9.17) is 6.42 Å².